The Morgan fingerprint density at radius 1 is 1.08 bits per heavy atom. The van der Waals surface area contributed by atoms with Crippen molar-refractivity contribution in [1.82, 2.24) is 9.80 Å². The van der Waals surface area contributed by atoms with Crippen LogP contribution in [0.5, 0.6) is 5.75 Å². The van der Waals surface area contributed by atoms with Crippen LogP contribution < -0.4 is 9.64 Å². The number of carbonyl (C=O) groups is 2. The van der Waals surface area contributed by atoms with Gasteiger partial charge in [0.2, 0.25) is 0 Å². The minimum Gasteiger partial charge on any atom is -0.507 e. The van der Waals surface area contributed by atoms with Crippen LogP contribution in [0.3, 0.4) is 0 Å². The molecule has 2 aliphatic rings. The Morgan fingerprint density at radius 3 is 2.42 bits per heavy atom. The summed E-state index contributed by atoms with van der Waals surface area (Å²) >= 11 is 0. The van der Waals surface area contributed by atoms with E-state index in [1.54, 1.807) is 11.0 Å². The zero-order chi connectivity index (χ0) is 26.0. The first-order valence-electron chi connectivity index (χ1n) is 12.8. The van der Waals surface area contributed by atoms with Gasteiger partial charge in [-0.2, -0.15) is 0 Å². The van der Waals surface area contributed by atoms with Crippen molar-refractivity contribution >= 4 is 23.1 Å². The van der Waals surface area contributed by atoms with Crippen molar-refractivity contribution in [2.45, 2.75) is 45.8 Å². The van der Waals surface area contributed by atoms with E-state index >= 15 is 0 Å². The summed E-state index contributed by atoms with van der Waals surface area (Å²) in [4.78, 5) is 32.5. The standard InChI is InChI=1S/C29H37N3O4/c1-6-31(7-2)15-8-16-32-26(20-9-12-23(13-10-20)30(4)5)25(28(34)29(32)35)27(33)21-11-14-24-22(18-21)17-19(3)36-24/h9-14,18-19,26,33H,6-8,15-17H2,1-5H3/b27-25+/t19-,26-/m1/s1. The number of amides is 1. The van der Waals surface area contributed by atoms with Crippen LogP contribution in [-0.4, -0.2) is 73.0 Å². The maximum Gasteiger partial charge on any atom is 0.295 e. The summed E-state index contributed by atoms with van der Waals surface area (Å²) in [5.74, 6) is -0.534. The number of nitrogens with zero attached hydrogens (tertiary/aromatic N) is 3. The quantitative estimate of drug-likeness (QED) is 0.322. The lowest BCUT2D eigenvalue weighted by molar-refractivity contribution is -0.140. The van der Waals surface area contributed by atoms with Gasteiger partial charge in [0.15, 0.2) is 0 Å². The second-order valence-electron chi connectivity index (χ2n) is 9.81. The van der Waals surface area contributed by atoms with E-state index in [1.165, 1.54) is 0 Å². The van der Waals surface area contributed by atoms with Crippen molar-refractivity contribution in [3.63, 3.8) is 0 Å². The van der Waals surface area contributed by atoms with E-state index in [-0.39, 0.29) is 17.4 Å². The third-order valence-electron chi connectivity index (χ3n) is 7.20. The molecular formula is C29H37N3O4. The fourth-order valence-electron chi connectivity index (χ4n) is 5.14. The average Bonchev–Trinajstić information content (AvgIpc) is 3.37. The Balaban J connectivity index is 1.73. The zero-order valence-electron chi connectivity index (χ0n) is 22.0. The van der Waals surface area contributed by atoms with Crippen molar-refractivity contribution in [1.29, 1.82) is 0 Å². The summed E-state index contributed by atoms with van der Waals surface area (Å²) < 4.78 is 5.79. The van der Waals surface area contributed by atoms with Crippen molar-refractivity contribution in [3.8, 4) is 5.75 Å². The van der Waals surface area contributed by atoms with Gasteiger partial charge < -0.3 is 24.5 Å². The molecular weight excluding hydrogens is 454 g/mol. The van der Waals surface area contributed by atoms with Gasteiger partial charge >= 0.3 is 0 Å². The highest BCUT2D eigenvalue weighted by atomic mass is 16.5. The van der Waals surface area contributed by atoms with Crippen LogP contribution in [0.1, 0.15) is 49.9 Å². The van der Waals surface area contributed by atoms with Crippen LogP contribution in [0, 0.1) is 0 Å². The van der Waals surface area contributed by atoms with Gasteiger partial charge in [0.1, 0.15) is 17.6 Å². The first-order valence-corrected chi connectivity index (χ1v) is 12.8. The summed E-state index contributed by atoms with van der Waals surface area (Å²) in [6, 6.07) is 12.6. The predicted molar refractivity (Wildman–Crippen MR) is 142 cm³/mol. The van der Waals surface area contributed by atoms with Gasteiger partial charge in [0, 0.05) is 38.3 Å². The fraction of sp³-hybridized carbons (Fsp3) is 0.448. The number of Topliss-reactive ketones (excluding diaryl/α,β-unsaturated/α-hetero) is 1. The van der Waals surface area contributed by atoms with E-state index in [4.69, 9.17) is 4.74 Å². The highest BCUT2D eigenvalue weighted by molar-refractivity contribution is 6.46. The van der Waals surface area contributed by atoms with Gasteiger partial charge in [-0.05, 0) is 74.4 Å². The second-order valence-corrected chi connectivity index (χ2v) is 9.81. The Labute approximate surface area is 214 Å². The molecule has 0 aromatic heterocycles. The zero-order valence-corrected chi connectivity index (χ0v) is 22.0. The molecule has 0 aliphatic carbocycles. The number of ketones is 1. The molecule has 1 saturated heterocycles. The maximum atomic E-state index is 13.3. The van der Waals surface area contributed by atoms with E-state index in [2.05, 4.69) is 18.7 Å². The van der Waals surface area contributed by atoms with E-state index in [1.807, 2.05) is 62.3 Å². The number of ether oxygens (including phenoxy) is 1. The van der Waals surface area contributed by atoms with Crippen LogP contribution in [0.2, 0.25) is 0 Å². The molecule has 2 aromatic rings. The largest absolute Gasteiger partial charge is 0.507 e. The molecule has 192 valence electrons. The summed E-state index contributed by atoms with van der Waals surface area (Å²) in [7, 11) is 3.93. The van der Waals surface area contributed by atoms with E-state index < -0.39 is 17.7 Å². The monoisotopic (exact) mass is 491 g/mol. The first-order chi connectivity index (χ1) is 17.2. The van der Waals surface area contributed by atoms with Gasteiger partial charge in [-0.15, -0.1) is 0 Å². The third-order valence-corrected chi connectivity index (χ3v) is 7.20. The van der Waals surface area contributed by atoms with E-state index in [0.717, 1.165) is 55.0 Å². The average molecular weight is 492 g/mol. The van der Waals surface area contributed by atoms with Crippen LogP contribution >= 0.6 is 0 Å². The molecule has 4 rings (SSSR count). The number of anilines is 1. The topological polar surface area (TPSA) is 73.3 Å². The van der Waals surface area contributed by atoms with Gasteiger partial charge in [0.05, 0.1) is 11.6 Å². The number of hydrogen-bond acceptors (Lipinski definition) is 6. The molecule has 2 aliphatic heterocycles. The minimum atomic E-state index is -0.638. The molecule has 0 saturated carbocycles. The molecule has 2 heterocycles. The summed E-state index contributed by atoms with van der Waals surface area (Å²) in [6.45, 7) is 9.38. The molecule has 0 spiro atoms. The molecule has 2 aromatic carbocycles. The minimum absolute atomic E-state index is 0.0731. The van der Waals surface area contributed by atoms with Crippen LogP contribution in [0.15, 0.2) is 48.0 Å². The smallest absolute Gasteiger partial charge is 0.295 e. The molecule has 7 nitrogen and oxygen atoms in total. The van der Waals surface area contributed by atoms with Gasteiger partial charge in [0.25, 0.3) is 11.7 Å². The highest BCUT2D eigenvalue weighted by Gasteiger charge is 2.45. The van der Waals surface area contributed by atoms with Crippen molar-refractivity contribution in [2.75, 3.05) is 45.2 Å². The Morgan fingerprint density at radius 2 is 1.78 bits per heavy atom. The number of aliphatic hydroxyl groups is 1. The van der Waals surface area contributed by atoms with Crippen molar-refractivity contribution < 1.29 is 19.4 Å². The summed E-state index contributed by atoms with van der Waals surface area (Å²) in [6.07, 6.45) is 1.56. The fourth-order valence-corrected chi connectivity index (χ4v) is 5.14. The second kappa shape index (κ2) is 10.7. The molecule has 2 atom stereocenters. The number of benzene rings is 2. The van der Waals surface area contributed by atoms with Gasteiger partial charge in [-0.3, -0.25) is 9.59 Å². The van der Waals surface area contributed by atoms with E-state index in [0.29, 0.717) is 12.1 Å². The molecule has 7 heteroatoms. The number of likely N-dealkylation sites (tertiary alicyclic amines) is 1. The lowest BCUT2D eigenvalue weighted by atomic mass is 9.94. The molecule has 1 amide bonds. The summed E-state index contributed by atoms with van der Waals surface area (Å²) in [5, 5.41) is 11.4. The Kier molecular flexibility index (Phi) is 7.69. The highest BCUT2D eigenvalue weighted by Crippen LogP contribution is 2.41. The number of aliphatic hydroxyl groups excluding tert-OH is 1. The van der Waals surface area contributed by atoms with Crippen LogP contribution in [0.4, 0.5) is 5.69 Å². The van der Waals surface area contributed by atoms with Crippen molar-refractivity contribution in [3.05, 3.63) is 64.7 Å². The lowest BCUT2D eigenvalue weighted by Crippen LogP contribution is -2.33. The maximum absolute atomic E-state index is 13.3. The summed E-state index contributed by atoms with van der Waals surface area (Å²) in [5.41, 5.74) is 3.49. The lowest BCUT2D eigenvalue weighted by Gasteiger charge is -2.27. The number of rotatable bonds is 9. The molecule has 1 N–H and O–H groups in total. The molecule has 0 radical (unpaired) electrons. The number of fused-ring (bicyclic) bond motifs is 1. The Hall–Kier alpha value is -3.32. The van der Waals surface area contributed by atoms with Crippen LogP contribution in [-0.2, 0) is 16.0 Å². The molecule has 0 bridgehead atoms. The first kappa shape index (κ1) is 25.8. The van der Waals surface area contributed by atoms with Crippen molar-refractivity contribution in [2.24, 2.45) is 0 Å². The molecule has 0 unspecified atom stereocenters. The Bertz CT molecular complexity index is 1150. The number of carbonyl (C=O) groups excluding carboxylic acids is 2. The third kappa shape index (κ3) is 4.98. The predicted octanol–water partition coefficient (Wildman–Crippen LogP) is 4.23. The molecule has 1 fully saturated rings. The molecule has 36 heavy (non-hydrogen) atoms. The van der Waals surface area contributed by atoms with Gasteiger partial charge in [-0.1, -0.05) is 26.0 Å². The van der Waals surface area contributed by atoms with E-state index in [9.17, 15) is 14.7 Å². The number of hydrogen-bond donors (Lipinski definition) is 1. The van der Waals surface area contributed by atoms with Crippen LogP contribution in [0.25, 0.3) is 5.76 Å². The SMILES string of the molecule is CCN(CC)CCCN1C(=O)C(=O)/C(=C(/O)c2ccc3c(c2)C[C@@H](C)O3)[C@H]1c1ccc(N(C)C)cc1. The van der Waals surface area contributed by atoms with Gasteiger partial charge in [-0.25, -0.2) is 0 Å². The normalized spacial score (nSPS) is 20.7.